The Hall–Kier alpha value is -1.71. The number of aryl methyl sites for hydroxylation is 2. The first kappa shape index (κ1) is 8.87. The van der Waals surface area contributed by atoms with Crippen LogP contribution in [0.4, 0.5) is 5.82 Å². The second-order valence-corrected chi connectivity index (χ2v) is 3.23. The number of furan rings is 1. The number of hydrogen-bond acceptors (Lipinski definition) is 3. The molecule has 0 amide bonds. The Morgan fingerprint density at radius 2 is 2.43 bits per heavy atom. The zero-order chi connectivity index (χ0) is 9.97. The van der Waals surface area contributed by atoms with Crippen LogP contribution in [0.2, 0.25) is 0 Å². The summed E-state index contributed by atoms with van der Waals surface area (Å²) in [6.45, 7) is 2.66. The summed E-state index contributed by atoms with van der Waals surface area (Å²) in [4.78, 5) is 0. The molecule has 0 unspecified atom stereocenters. The molecule has 0 aliphatic rings. The fourth-order valence-corrected chi connectivity index (χ4v) is 1.37. The molecule has 0 aliphatic carbocycles. The topological polar surface area (TPSA) is 43.0 Å². The van der Waals surface area contributed by atoms with Gasteiger partial charge in [-0.1, -0.05) is 0 Å². The number of hydrogen-bond donors (Lipinski definition) is 1. The van der Waals surface area contributed by atoms with Crippen LogP contribution in [0, 0.1) is 6.92 Å². The summed E-state index contributed by atoms with van der Waals surface area (Å²) in [5.41, 5.74) is 1.01. The fraction of sp³-hybridized carbons (Fsp3) is 0.300. The van der Waals surface area contributed by atoms with Gasteiger partial charge in [-0.3, -0.25) is 4.68 Å². The molecule has 0 bridgehead atoms. The van der Waals surface area contributed by atoms with Crippen molar-refractivity contribution in [2.45, 2.75) is 13.5 Å². The van der Waals surface area contributed by atoms with Crippen LogP contribution in [0.3, 0.4) is 0 Å². The van der Waals surface area contributed by atoms with E-state index in [1.807, 2.05) is 36.9 Å². The Kier molecular flexibility index (Phi) is 2.26. The Morgan fingerprint density at radius 3 is 3.00 bits per heavy atom. The largest absolute Gasteiger partial charge is 0.467 e. The summed E-state index contributed by atoms with van der Waals surface area (Å²) in [5, 5.41) is 7.48. The van der Waals surface area contributed by atoms with Crippen LogP contribution in [0.5, 0.6) is 0 Å². The molecule has 2 heterocycles. The monoisotopic (exact) mass is 191 g/mol. The average molecular weight is 191 g/mol. The predicted molar refractivity (Wildman–Crippen MR) is 54.0 cm³/mol. The van der Waals surface area contributed by atoms with Crippen molar-refractivity contribution in [2.75, 3.05) is 5.32 Å². The Labute approximate surface area is 82.5 Å². The van der Waals surface area contributed by atoms with Gasteiger partial charge in [0.2, 0.25) is 0 Å². The summed E-state index contributed by atoms with van der Waals surface area (Å²) in [6, 6.07) is 5.82. The van der Waals surface area contributed by atoms with Crippen molar-refractivity contribution < 1.29 is 4.42 Å². The number of nitrogens with one attached hydrogen (secondary N) is 1. The maximum atomic E-state index is 5.21. The first-order valence-corrected chi connectivity index (χ1v) is 4.52. The van der Waals surface area contributed by atoms with Crippen molar-refractivity contribution in [3.8, 4) is 0 Å². The smallest absolute Gasteiger partial charge is 0.124 e. The molecule has 0 spiro atoms. The Morgan fingerprint density at radius 1 is 1.57 bits per heavy atom. The van der Waals surface area contributed by atoms with E-state index >= 15 is 0 Å². The zero-order valence-electron chi connectivity index (χ0n) is 8.32. The van der Waals surface area contributed by atoms with E-state index in [9.17, 15) is 0 Å². The van der Waals surface area contributed by atoms with Crippen LogP contribution >= 0.6 is 0 Å². The minimum absolute atomic E-state index is 0.686. The third-order valence-corrected chi connectivity index (χ3v) is 2.03. The normalized spacial score (nSPS) is 10.4. The standard InChI is InChI=1S/C10H13N3O/c1-8-6-10(13(2)12-8)11-7-9-4-3-5-14-9/h3-6,11H,7H2,1-2H3. The highest BCUT2D eigenvalue weighted by Gasteiger charge is 2.01. The molecular weight excluding hydrogens is 178 g/mol. The molecule has 1 N–H and O–H groups in total. The van der Waals surface area contributed by atoms with Gasteiger partial charge in [-0.2, -0.15) is 5.10 Å². The summed E-state index contributed by atoms with van der Waals surface area (Å²) in [5.74, 6) is 1.92. The number of nitrogens with zero attached hydrogens (tertiary/aromatic N) is 2. The lowest BCUT2D eigenvalue weighted by Crippen LogP contribution is -2.03. The van der Waals surface area contributed by atoms with Gasteiger partial charge in [0.25, 0.3) is 0 Å². The van der Waals surface area contributed by atoms with Crippen molar-refractivity contribution in [3.05, 3.63) is 35.9 Å². The van der Waals surface area contributed by atoms with E-state index in [-0.39, 0.29) is 0 Å². The molecular formula is C10H13N3O. The van der Waals surface area contributed by atoms with E-state index in [4.69, 9.17) is 4.42 Å². The van der Waals surface area contributed by atoms with Crippen LogP contribution in [0.1, 0.15) is 11.5 Å². The summed E-state index contributed by atoms with van der Waals surface area (Å²) in [6.07, 6.45) is 1.67. The minimum atomic E-state index is 0.686. The molecule has 0 aromatic carbocycles. The van der Waals surface area contributed by atoms with Gasteiger partial charge in [-0.25, -0.2) is 0 Å². The van der Waals surface area contributed by atoms with Crippen molar-refractivity contribution >= 4 is 5.82 Å². The molecule has 4 nitrogen and oxygen atoms in total. The van der Waals surface area contributed by atoms with Crippen LogP contribution in [-0.2, 0) is 13.6 Å². The summed E-state index contributed by atoms with van der Waals surface area (Å²) < 4.78 is 7.03. The van der Waals surface area contributed by atoms with Gasteiger partial charge in [0, 0.05) is 13.1 Å². The molecule has 2 rings (SSSR count). The number of rotatable bonds is 3. The maximum Gasteiger partial charge on any atom is 0.124 e. The summed E-state index contributed by atoms with van der Waals surface area (Å²) in [7, 11) is 1.91. The van der Waals surface area contributed by atoms with Crippen LogP contribution in [0.25, 0.3) is 0 Å². The van der Waals surface area contributed by atoms with Gasteiger partial charge >= 0.3 is 0 Å². The van der Waals surface area contributed by atoms with Gasteiger partial charge in [-0.15, -0.1) is 0 Å². The quantitative estimate of drug-likeness (QED) is 0.806. The van der Waals surface area contributed by atoms with Gasteiger partial charge in [0.15, 0.2) is 0 Å². The molecule has 4 heteroatoms. The Bertz CT molecular complexity index is 403. The third kappa shape index (κ3) is 1.79. The molecule has 14 heavy (non-hydrogen) atoms. The van der Waals surface area contributed by atoms with Gasteiger partial charge < -0.3 is 9.73 Å². The van der Waals surface area contributed by atoms with Gasteiger partial charge in [0.05, 0.1) is 18.5 Å². The fourth-order valence-electron chi connectivity index (χ4n) is 1.37. The van der Waals surface area contributed by atoms with Crippen LogP contribution < -0.4 is 5.32 Å². The van der Waals surface area contributed by atoms with Crippen molar-refractivity contribution in [3.63, 3.8) is 0 Å². The molecule has 2 aromatic rings. The van der Waals surface area contributed by atoms with Crippen molar-refractivity contribution in [2.24, 2.45) is 7.05 Å². The highest BCUT2D eigenvalue weighted by Crippen LogP contribution is 2.10. The SMILES string of the molecule is Cc1cc(NCc2ccco2)n(C)n1. The molecule has 74 valence electrons. The molecule has 0 atom stereocenters. The van der Waals surface area contributed by atoms with Gasteiger partial charge in [-0.05, 0) is 19.1 Å². The second kappa shape index (κ2) is 3.57. The van der Waals surface area contributed by atoms with E-state index in [1.165, 1.54) is 0 Å². The highest BCUT2D eigenvalue weighted by molar-refractivity contribution is 5.36. The highest BCUT2D eigenvalue weighted by atomic mass is 16.3. The second-order valence-electron chi connectivity index (χ2n) is 3.23. The zero-order valence-corrected chi connectivity index (χ0v) is 8.32. The maximum absolute atomic E-state index is 5.21. The Balaban J connectivity index is 2.01. The predicted octanol–water partition coefficient (Wildman–Crippen LogP) is 1.93. The van der Waals surface area contributed by atoms with Crippen molar-refractivity contribution in [1.82, 2.24) is 9.78 Å². The third-order valence-electron chi connectivity index (χ3n) is 2.03. The lowest BCUT2D eigenvalue weighted by molar-refractivity contribution is 0.517. The summed E-state index contributed by atoms with van der Waals surface area (Å²) >= 11 is 0. The van der Waals surface area contributed by atoms with Crippen LogP contribution in [0.15, 0.2) is 28.9 Å². The van der Waals surface area contributed by atoms with Crippen molar-refractivity contribution in [1.29, 1.82) is 0 Å². The van der Waals surface area contributed by atoms with Crippen LogP contribution in [-0.4, -0.2) is 9.78 Å². The lowest BCUT2D eigenvalue weighted by atomic mass is 10.4. The molecule has 0 saturated carbocycles. The van der Waals surface area contributed by atoms with E-state index in [2.05, 4.69) is 10.4 Å². The van der Waals surface area contributed by atoms with E-state index in [0.717, 1.165) is 17.3 Å². The average Bonchev–Trinajstić information content (AvgIpc) is 2.72. The minimum Gasteiger partial charge on any atom is -0.467 e. The number of aromatic nitrogens is 2. The molecule has 0 saturated heterocycles. The van der Waals surface area contributed by atoms with E-state index < -0.39 is 0 Å². The molecule has 0 fully saturated rings. The molecule has 0 radical (unpaired) electrons. The van der Waals surface area contributed by atoms with E-state index in [0.29, 0.717) is 6.54 Å². The van der Waals surface area contributed by atoms with E-state index in [1.54, 1.807) is 6.26 Å². The first-order chi connectivity index (χ1) is 6.75. The van der Waals surface area contributed by atoms with Gasteiger partial charge in [0.1, 0.15) is 11.6 Å². The lowest BCUT2D eigenvalue weighted by Gasteiger charge is -2.03. The molecule has 2 aromatic heterocycles. The first-order valence-electron chi connectivity index (χ1n) is 4.52. The number of anilines is 1. The molecule has 0 aliphatic heterocycles.